The molecule has 22 heavy (non-hydrogen) atoms. The predicted octanol–water partition coefficient (Wildman–Crippen LogP) is 1.88. The van der Waals surface area contributed by atoms with Gasteiger partial charge in [0.15, 0.2) is 0 Å². The maximum absolute atomic E-state index is 12.2. The highest BCUT2D eigenvalue weighted by Crippen LogP contribution is 2.14. The van der Waals surface area contributed by atoms with E-state index in [1.807, 2.05) is 30.3 Å². The van der Waals surface area contributed by atoms with Crippen LogP contribution in [0.5, 0.6) is 0 Å². The van der Waals surface area contributed by atoms with Crippen molar-refractivity contribution in [3.05, 3.63) is 54.4 Å². The molecule has 7 heteroatoms. The van der Waals surface area contributed by atoms with E-state index in [0.717, 1.165) is 5.56 Å². The van der Waals surface area contributed by atoms with E-state index >= 15 is 0 Å². The Kier molecular flexibility index (Phi) is 4.34. The van der Waals surface area contributed by atoms with Gasteiger partial charge in [-0.05, 0) is 11.6 Å². The molecule has 0 bridgehead atoms. The van der Waals surface area contributed by atoms with Crippen LogP contribution < -0.4 is 0 Å². The normalized spacial score (nSPS) is 10.8. The van der Waals surface area contributed by atoms with E-state index in [2.05, 4.69) is 15.1 Å². The molecule has 3 aromatic rings. The summed E-state index contributed by atoms with van der Waals surface area (Å²) in [6.45, 7) is 0.598. The number of amides is 1. The van der Waals surface area contributed by atoms with E-state index in [1.54, 1.807) is 34.9 Å². The number of carbonyl (C=O) groups excluding carboxylic acids is 1. The third-order valence-corrected chi connectivity index (χ3v) is 3.93. The zero-order valence-electron chi connectivity index (χ0n) is 12.1. The van der Waals surface area contributed by atoms with Crippen molar-refractivity contribution in [1.82, 2.24) is 24.5 Å². The summed E-state index contributed by atoms with van der Waals surface area (Å²) in [4.78, 5) is 22.2. The fraction of sp³-hybridized carbons (Fsp3) is 0.200. The highest BCUT2D eigenvalue weighted by Gasteiger charge is 2.12. The van der Waals surface area contributed by atoms with Crippen LogP contribution in [-0.2, 0) is 11.3 Å². The number of rotatable bonds is 5. The minimum absolute atomic E-state index is 0.0423. The van der Waals surface area contributed by atoms with Crippen LogP contribution in [0.15, 0.2) is 53.9 Å². The molecule has 0 aliphatic rings. The van der Waals surface area contributed by atoms with Crippen molar-refractivity contribution in [2.24, 2.45) is 0 Å². The zero-order chi connectivity index (χ0) is 15.4. The quantitative estimate of drug-likeness (QED) is 0.673. The van der Waals surface area contributed by atoms with E-state index in [-0.39, 0.29) is 5.91 Å². The monoisotopic (exact) mass is 313 g/mol. The second-order valence-electron chi connectivity index (χ2n) is 4.78. The molecule has 1 aromatic carbocycles. The average Bonchev–Trinajstić information content (AvgIpc) is 2.96. The van der Waals surface area contributed by atoms with Crippen molar-refractivity contribution in [2.45, 2.75) is 11.7 Å². The summed E-state index contributed by atoms with van der Waals surface area (Å²) in [5.74, 6) is 0.885. The Morgan fingerprint density at radius 1 is 1.27 bits per heavy atom. The van der Waals surface area contributed by atoms with Gasteiger partial charge in [-0.1, -0.05) is 42.1 Å². The Labute approximate surface area is 132 Å². The number of fused-ring (bicyclic) bond motifs is 1. The van der Waals surface area contributed by atoms with Gasteiger partial charge in [-0.2, -0.15) is 4.98 Å². The van der Waals surface area contributed by atoms with E-state index < -0.39 is 0 Å². The van der Waals surface area contributed by atoms with Crippen molar-refractivity contribution >= 4 is 23.4 Å². The van der Waals surface area contributed by atoms with Gasteiger partial charge >= 0.3 is 0 Å². The third-order valence-electron chi connectivity index (χ3n) is 3.11. The highest BCUT2D eigenvalue weighted by atomic mass is 32.2. The van der Waals surface area contributed by atoms with Crippen molar-refractivity contribution < 1.29 is 4.79 Å². The molecule has 0 atom stereocenters. The van der Waals surface area contributed by atoms with Crippen LogP contribution in [0.2, 0.25) is 0 Å². The molecule has 0 aliphatic heterocycles. The van der Waals surface area contributed by atoms with Crippen LogP contribution >= 0.6 is 11.8 Å². The maximum Gasteiger partial charge on any atom is 0.253 e. The first kappa shape index (κ1) is 14.5. The first-order chi connectivity index (χ1) is 10.7. The molecule has 2 heterocycles. The summed E-state index contributed by atoms with van der Waals surface area (Å²) < 4.78 is 1.60. The minimum atomic E-state index is 0.0423. The van der Waals surface area contributed by atoms with E-state index in [0.29, 0.717) is 23.2 Å². The van der Waals surface area contributed by atoms with Gasteiger partial charge in [-0.15, -0.1) is 5.10 Å². The predicted molar refractivity (Wildman–Crippen MR) is 84.4 cm³/mol. The molecule has 0 aliphatic carbocycles. The molecule has 0 unspecified atom stereocenters. The molecule has 3 rings (SSSR count). The second-order valence-corrected chi connectivity index (χ2v) is 5.73. The van der Waals surface area contributed by atoms with E-state index in [9.17, 15) is 4.79 Å². The largest absolute Gasteiger partial charge is 0.341 e. The summed E-state index contributed by atoms with van der Waals surface area (Å²) in [5, 5.41) is 4.82. The van der Waals surface area contributed by atoms with Gasteiger partial charge in [0.05, 0.1) is 5.75 Å². The molecule has 0 radical (unpaired) electrons. The summed E-state index contributed by atoms with van der Waals surface area (Å²) in [6.07, 6.45) is 3.44. The van der Waals surface area contributed by atoms with E-state index in [1.165, 1.54) is 11.8 Å². The van der Waals surface area contributed by atoms with Crippen molar-refractivity contribution in [2.75, 3.05) is 12.8 Å². The van der Waals surface area contributed by atoms with Gasteiger partial charge in [-0.25, -0.2) is 9.50 Å². The molecular weight excluding hydrogens is 298 g/mol. The van der Waals surface area contributed by atoms with Gasteiger partial charge in [0.25, 0.3) is 5.78 Å². The maximum atomic E-state index is 12.2. The summed E-state index contributed by atoms with van der Waals surface area (Å²) >= 11 is 1.32. The standard InChI is InChI=1S/C15H15N5OS/c1-19(10-12-6-3-2-4-7-12)13(21)11-22-15-17-14-16-8-5-9-20(14)18-15/h2-9H,10-11H2,1H3. The average molecular weight is 313 g/mol. The second kappa shape index (κ2) is 6.57. The van der Waals surface area contributed by atoms with Gasteiger partial charge in [-0.3, -0.25) is 4.79 Å². The highest BCUT2D eigenvalue weighted by molar-refractivity contribution is 7.99. The number of benzene rings is 1. The van der Waals surface area contributed by atoms with Crippen molar-refractivity contribution in [3.8, 4) is 0 Å². The fourth-order valence-electron chi connectivity index (χ4n) is 1.96. The number of hydrogen-bond acceptors (Lipinski definition) is 5. The lowest BCUT2D eigenvalue weighted by Crippen LogP contribution is -2.27. The minimum Gasteiger partial charge on any atom is -0.341 e. The van der Waals surface area contributed by atoms with Crippen LogP contribution in [-0.4, -0.2) is 43.2 Å². The van der Waals surface area contributed by atoms with Gasteiger partial charge in [0.2, 0.25) is 11.1 Å². The Morgan fingerprint density at radius 2 is 2.09 bits per heavy atom. The third kappa shape index (κ3) is 3.43. The molecule has 1 amide bonds. The first-order valence-electron chi connectivity index (χ1n) is 6.80. The Bertz CT molecular complexity index is 741. The molecule has 0 saturated carbocycles. The lowest BCUT2D eigenvalue weighted by Gasteiger charge is -2.16. The van der Waals surface area contributed by atoms with Crippen molar-refractivity contribution in [3.63, 3.8) is 0 Å². The summed E-state index contributed by atoms with van der Waals surface area (Å²) in [7, 11) is 1.80. The number of thioether (sulfide) groups is 1. The van der Waals surface area contributed by atoms with Crippen LogP contribution in [0.3, 0.4) is 0 Å². The molecule has 2 aromatic heterocycles. The van der Waals surface area contributed by atoms with Gasteiger partial charge in [0, 0.05) is 26.0 Å². The SMILES string of the molecule is CN(Cc1ccccc1)C(=O)CSc1nc2ncccn2n1. The number of carbonyl (C=O) groups is 1. The van der Waals surface area contributed by atoms with Crippen LogP contribution in [0.4, 0.5) is 0 Å². The molecule has 0 N–H and O–H groups in total. The van der Waals surface area contributed by atoms with Crippen LogP contribution in [0.25, 0.3) is 5.78 Å². The molecular formula is C15H15N5OS. The van der Waals surface area contributed by atoms with E-state index in [4.69, 9.17) is 0 Å². The Hall–Kier alpha value is -2.41. The lowest BCUT2D eigenvalue weighted by molar-refractivity contribution is -0.127. The smallest absolute Gasteiger partial charge is 0.253 e. The Morgan fingerprint density at radius 3 is 2.86 bits per heavy atom. The first-order valence-corrected chi connectivity index (χ1v) is 7.79. The molecule has 0 spiro atoms. The number of aromatic nitrogens is 4. The van der Waals surface area contributed by atoms with Crippen LogP contribution in [0.1, 0.15) is 5.56 Å². The lowest BCUT2D eigenvalue weighted by atomic mass is 10.2. The fourth-order valence-corrected chi connectivity index (χ4v) is 2.72. The van der Waals surface area contributed by atoms with Crippen LogP contribution in [0, 0.1) is 0 Å². The topological polar surface area (TPSA) is 63.4 Å². The van der Waals surface area contributed by atoms with Crippen molar-refractivity contribution in [1.29, 1.82) is 0 Å². The molecule has 0 fully saturated rings. The number of hydrogen-bond donors (Lipinski definition) is 0. The molecule has 112 valence electrons. The zero-order valence-corrected chi connectivity index (χ0v) is 12.9. The molecule has 6 nitrogen and oxygen atoms in total. The summed E-state index contributed by atoms with van der Waals surface area (Å²) in [6, 6.07) is 11.7. The Balaban J connectivity index is 1.57. The van der Waals surface area contributed by atoms with Gasteiger partial charge < -0.3 is 4.90 Å². The van der Waals surface area contributed by atoms with Gasteiger partial charge in [0.1, 0.15) is 0 Å². The molecule has 0 saturated heterocycles. The number of nitrogens with zero attached hydrogens (tertiary/aromatic N) is 5. The summed E-state index contributed by atoms with van der Waals surface area (Å²) in [5.41, 5.74) is 1.11.